The first-order valence-corrected chi connectivity index (χ1v) is 11.8. The molecule has 4 aromatic rings. The van der Waals surface area contributed by atoms with Crippen LogP contribution in [0.1, 0.15) is 22.7 Å². The van der Waals surface area contributed by atoms with E-state index in [9.17, 15) is 19.8 Å². The van der Waals surface area contributed by atoms with E-state index >= 15 is 0 Å². The molecule has 1 fully saturated rings. The maximum absolute atomic E-state index is 13.4. The van der Waals surface area contributed by atoms with E-state index in [-0.39, 0.29) is 17.1 Å². The van der Waals surface area contributed by atoms with Gasteiger partial charge in [-0.2, -0.15) is 0 Å². The molecule has 2 heterocycles. The Morgan fingerprint density at radius 1 is 0.972 bits per heavy atom. The number of aromatic nitrogens is 1. The van der Waals surface area contributed by atoms with Gasteiger partial charge < -0.3 is 19.7 Å². The lowest BCUT2D eigenvalue weighted by Gasteiger charge is -2.23. The number of Topliss-reactive ketones (excluding diaryl/α,β-unsaturated/α-hetero) is 1. The number of rotatable bonds is 5. The fourth-order valence-corrected chi connectivity index (χ4v) is 5.32. The van der Waals surface area contributed by atoms with Crippen molar-refractivity contribution in [2.75, 3.05) is 19.1 Å². The van der Waals surface area contributed by atoms with Gasteiger partial charge in [0.1, 0.15) is 23.0 Å². The molecule has 1 unspecified atom stereocenters. The third-order valence-electron chi connectivity index (χ3n) is 6.13. The van der Waals surface area contributed by atoms with Crippen molar-refractivity contribution >= 4 is 44.1 Å². The summed E-state index contributed by atoms with van der Waals surface area (Å²) in [5.41, 5.74) is 2.21. The molecule has 1 saturated heterocycles. The monoisotopic (exact) mass is 502 g/mol. The van der Waals surface area contributed by atoms with Crippen molar-refractivity contribution in [2.24, 2.45) is 0 Å². The molecule has 0 bridgehead atoms. The average Bonchev–Trinajstić information content (AvgIpc) is 3.41. The third-order valence-corrected chi connectivity index (χ3v) is 7.15. The molecule has 36 heavy (non-hydrogen) atoms. The molecule has 1 aliphatic heterocycles. The smallest absolute Gasteiger partial charge is 0.301 e. The summed E-state index contributed by atoms with van der Waals surface area (Å²) in [7, 11) is 3.10. The normalized spacial score (nSPS) is 17.1. The molecule has 9 heteroatoms. The number of fused-ring (bicyclic) bond motifs is 1. The number of carbonyl (C=O) groups is 2. The molecule has 8 nitrogen and oxygen atoms in total. The molecular formula is C27H22N2O6S. The molecule has 0 saturated carbocycles. The molecule has 1 amide bonds. The summed E-state index contributed by atoms with van der Waals surface area (Å²) in [4.78, 5) is 32.7. The van der Waals surface area contributed by atoms with Crippen LogP contribution < -0.4 is 14.4 Å². The number of aromatic hydroxyl groups is 1. The van der Waals surface area contributed by atoms with Crippen LogP contribution in [0.25, 0.3) is 16.0 Å². The molecule has 5 rings (SSSR count). The molecule has 3 aromatic carbocycles. The number of hydrogen-bond donors (Lipinski definition) is 2. The number of aliphatic hydroxyl groups excluding tert-OH is 1. The first-order valence-electron chi connectivity index (χ1n) is 11.0. The van der Waals surface area contributed by atoms with Crippen molar-refractivity contribution in [1.82, 2.24) is 4.98 Å². The van der Waals surface area contributed by atoms with E-state index in [1.54, 1.807) is 56.5 Å². The average molecular weight is 503 g/mol. The fraction of sp³-hybridized carbons (Fsp3) is 0.148. The lowest BCUT2D eigenvalue weighted by Crippen LogP contribution is -2.29. The van der Waals surface area contributed by atoms with Crippen LogP contribution in [0.2, 0.25) is 0 Å². The summed E-state index contributed by atoms with van der Waals surface area (Å²) in [6.07, 6.45) is 0. The Balaban J connectivity index is 1.72. The van der Waals surface area contributed by atoms with Gasteiger partial charge in [-0.1, -0.05) is 23.5 Å². The Hall–Kier alpha value is -4.37. The quantitative estimate of drug-likeness (QED) is 0.226. The van der Waals surface area contributed by atoms with Crippen LogP contribution in [0, 0.1) is 6.92 Å². The van der Waals surface area contributed by atoms with Gasteiger partial charge in [0.2, 0.25) is 0 Å². The molecule has 0 aliphatic carbocycles. The second kappa shape index (κ2) is 9.01. The SMILES string of the molecule is COc1ccc(/C(O)=C2\C(=O)C(=O)N(c3nc4ccc(OC)cc4s3)C2c2ccc(O)cc2)c(C)c1. The zero-order valence-electron chi connectivity index (χ0n) is 19.7. The van der Waals surface area contributed by atoms with Gasteiger partial charge in [0.15, 0.2) is 5.13 Å². The highest BCUT2D eigenvalue weighted by molar-refractivity contribution is 7.22. The van der Waals surface area contributed by atoms with Crippen molar-refractivity contribution in [1.29, 1.82) is 0 Å². The number of thiazole rings is 1. The Bertz CT molecular complexity index is 1540. The fourth-order valence-electron chi connectivity index (χ4n) is 4.30. The van der Waals surface area contributed by atoms with E-state index in [0.717, 1.165) is 4.70 Å². The van der Waals surface area contributed by atoms with Gasteiger partial charge in [-0.3, -0.25) is 14.5 Å². The third kappa shape index (κ3) is 3.83. The predicted octanol–water partition coefficient (Wildman–Crippen LogP) is 4.95. The second-order valence-corrected chi connectivity index (χ2v) is 9.28. The number of benzene rings is 3. The molecule has 1 atom stereocenters. The highest BCUT2D eigenvalue weighted by Gasteiger charge is 2.48. The van der Waals surface area contributed by atoms with Gasteiger partial charge >= 0.3 is 5.91 Å². The Labute approximate surface area is 210 Å². The van der Waals surface area contributed by atoms with Crippen LogP contribution in [0.15, 0.2) is 66.2 Å². The van der Waals surface area contributed by atoms with Gasteiger partial charge in [-0.05, 0) is 66.6 Å². The maximum Gasteiger partial charge on any atom is 0.301 e. The Morgan fingerprint density at radius 3 is 2.31 bits per heavy atom. The van der Waals surface area contributed by atoms with Crippen molar-refractivity contribution in [3.63, 3.8) is 0 Å². The molecule has 1 aromatic heterocycles. The summed E-state index contributed by atoms with van der Waals surface area (Å²) in [6, 6.07) is 15.6. The van der Waals surface area contributed by atoms with E-state index in [4.69, 9.17) is 9.47 Å². The lowest BCUT2D eigenvalue weighted by atomic mass is 9.94. The molecule has 0 spiro atoms. The maximum atomic E-state index is 13.4. The van der Waals surface area contributed by atoms with Gasteiger partial charge in [0, 0.05) is 5.56 Å². The van der Waals surface area contributed by atoms with Gasteiger partial charge in [-0.15, -0.1) is 0 Å². The number of carbonyl (C=O) groups excluding carboxylic acids is 2. The van der Waals surface area contributed by atoms with Crippen LogP contribution in [0.4, 0.5) is 5.13 Å². The van der Waals surface area contributed by atoms with Crippen molar-refractivity contribution in [2.45, 2.75) is 13.0 Å². The number of ether oxygens (including phenoxy) is 2. The van der Waals surface area contributed by atoms with E-state index in [1.165, 1.54) is 35.5 Å². The van der Waals surface area contributed by atoms with E-state index in [1.807, 2.05) is 6.07 Å². The number of methoxy groups -OCH3 is 2. The van der Waals surface area contributed by atoms with Crippen molar-refractivity contribution in [3.05, 3.63) is 82.9 Å². The number of aliphatic hydroxyl groups is 1. The largest absolute Gasteiger partial charge is 0.508 e. The van der Waals surface area contributed by atoms with Crippen molar-refractivity contribution in [3.8, 4) is 17.2 Å². The van der Waals surface area contributed by atoms with E-state index in [0.29, 0.717) is 38.8 Å². The van der Waals surface area contributed by atoms with E-state index in [2.05, 4.69) is 4.98 Å². The van der Waals surface area contributed by atoms with Crippen LogP contribution in [-0.4, -0.2) is 41.1 Å². The molecule has 2 N–H and O–H groups in total. The van der Waals surface area contributed by atoms with Gasteiger partial charge in [0.05, 0.1) is 36.1 Å². The summed E-state index contributed by atoms with van der Waals surface area (Å²) >= 11 is 1.24. The van der Waals surface area contributed by atoms with Gasteiger partial charge in [0.25, 0.3) is 5.78 Å². The van der Waals surface area contributed by atoms with Crippen LogP contribution in [0.3, 0.4) is 0 Å². The number of amides is 1. The lowest BCUT2D eigenvalue weighted by molar-refractivity contribution is -0.132. The molecular weight excluding hydrogens is 480 g/mol. The zero-order chi connectivity index (χ0) is 25.6. The minimum absolute atomic E-state index is 0.0359. The number of anilines is 1. The standard InChI is InChI=1S/C27H22N2O6S/c1-14-12-17(34-2)8-10-19(14)24(31)22-23(15-4-6-16(30)7-5-15)29(26(33)25(22)32)27-28-20-11-9-18(35-3)13-21(20)36-27/h4-13,23,30-31H,1-3H3/b24-22+. The second-order valence-electron chi connectivity index (χ2n) is 8.27. The zero-order valence-corrected chi connectivity index (χ0v) is 20.5. The number of phenols is 1. The van der Waals surface area contributed by atoms with Crippen LogP contribution >= 0.6 is 11.3 Å². The Kier molecular flexibility index (Phi) is 5.85. The first kappa shape index (κ1) is 23.4. The molecule has 0 radical (unpaired) electrons. The topological polar surface area (TPSA) is 109 Å². The summed E-state index contributed by atoms with van der Waals surface area (Å²) < 4.78 is 11.3. The summed E-state index contributed by atoms with van der Waals surface area (Å²) in [5, 5.41) is 21.5. The number of ketones is 1. The van der Waals surface area contributed by atoms with E-state index < -0.39 is 17.7 Å². The predicted molar refractivity (Wildman–Crippen MR) is 137 cm³/mol. The molecule has 1 aliphatic rings. The van der Waals surface area contributed by atoms with Crippen LogP contribution in [0.5, 0.6) is 17.2 Å². The minimum Gasteiger partial charge on any atom is -0.508 e. The number of aryl methyl sites for hydroxylation is 1. The highest BCUT2D eigenvalue weighted by atomic mass is 32.1. The summed E-state index contributed by atoms with van der Waals surface area (Å²) in [5.74, 6) is -0.635. The first-order chi connectivity index (χ1) is 17.3. The Morgan fingerprint density at radius 2 is 1.64 bits per heavy atom. The molecule has 182 valence electrons. The van der Waals surface area contributed by atoms with Gasteiger partial charge in [-0.25, -0.2) is 4.98 Å². The number of hydrogen-bond acceptors (Lipinski definition) is 8. The highest BCUT2D eigenvalue weighted by Crippen LogP contribution is 2.45. The van der Waals surface area contributed by atoms with Crippen molar-refractivity contribution < 1.29 is 29.3 Å². The number of nitrogens with zero attached hydrogens (tertiary/aromatic N) is 2. The number of phenolic OH excluding ortho intramolecular Hbond substituents is 1. The minimum atomic E-state index is -0.949. The van der Waals surface area contributed by atoms with Crippen LogP contribution in [-0.2, 0) is 9.59 Å². The summed E-state index contributed by atoms with van der Waals surface area (Å²) in [6.45, 7) is 1.78.